The molecule has 5 rings (SSSR count). The van der Waals surface area contributed by atoms with Crippen LogP contribution in [0.4, 0.5) is 11.9 Å². The number of anilines is 2. The Bertz CT molecular complexity index is 1330. The first-order valence-corrected chi connectivity index (χ1v) is 10.8. The molecule has 3 aromatic carbocycles. The number of benzene rings is 3. The Hall–Kier alpha value is -4.16. The largest absolute Gasteiger partial charge is 0.324 e. The summed E-state index contributed by atoms with van der Waals surface area (Å²) >= 11 is 6.06. The highest BCUT2D eigenvalue weighted by atomic mass is 35.5. The van der Waals surface area contributed by atoms with Gasteiger partial charge in [0.05, 0.1) is 0 Å². The lowest BCUT2D eigenvalue weighted by atomic mass is 10.0. The average molecular weight is 454 g/mol. The Balaban J connectivity index is 1.43. The van der Waals surface area contributed by atoms with Gasteiger partial charge in [-0.15, -0.1) is 5.10 Å². The topological polar surface area (TPSA) is 71.8 Å². The van der Waals surface area contributed by atoms with E-state index in [1.54, 1.807) is 10.8 Å². The summed E-state index contributed by atoms with van der Waals surface area (Å²) in [6, 6.07) is 27.1. The zero-order valence-electron chi connectivity index (χ0n) is 17.5. The standard InChI is InChI=1S/C26H20ClN5O/c27-21-14-12-19(13-15-21)22-17-23(20-9-5-2-6-10-20)32-26(28-22)30-25(31-32)29-24(33)16-11-18-7-3-1-4-8-18/h1-17,23H,(H2,28,29,30,31,33)/b16-11+/t23-/m1/s1. The molecule has 0 fully saturated rings. The molecule has 1 amide bonds. The maximum absolute atomic E-state index is 12.4. The van der Waals surface area contributed by atoms with Crippen LogP contribution in [0.5, 0.6) is 0 Å². The summed E-state index contributed by atoms with van der Waals surface area (Å²) in [6.07, 6.45) is 5.30. The molecule has 0 unspecified atom stereocenters. The molecular weight excluding hydrogens is 434 g/mol. The third kappa shape index (κ3) is 4.71. The molecule has 0 bridgehead atoms. The smallest absolute Gasteiger partial charge is 0.250 e. The van der Waals surface area contributed by atoms with Gasteiger partial charge in [0.1, 0.15) is 6.04 Å². The highest BCUT2D eigenvalue weighted by Crippen LogP contribution is 2.33. The van der Waals surface area contributed by atoms with Gasteiger partial charge in [-0.25, -0.2) is 4.68 Å². The Kier molecular flexibility index (Phi) is 5.74. The first kappa shape index (κ1) is 20.7. The van der Waals surface area contributed by atoms with Crippen LogP contribution in [0.15, 0.2) is 97.1 Å². The van der Waals surface area contributed by atoms with Gasteiger partial charge in [0, 0.05) is 16.8 Å². The summed E-state index contributed by atoms with van der Waals surface area (Å²) < 4.78 is 1.77. The van der Waals surface area contributed by atoms with E-state index in [-0.39, 0.29) is 17.9 Å². The number of carbonyl (C=O) groups is 1. The van der Waals surface area contributed by atoms with E-state index in [1.165, 1.54) is 6.08 Å². The summed E-state index contributed by atoms with van der Waals surface area (Å²) in [5.41, 5.74) is 3.86. The fourth-order valence-corrected chi connectivity index (χ4v) is 3.75. The number of nitrogens with zero attached hydrogens (tertiary/aromatic N) is 3. The molecule has 1 aliphatic heterocycles. The molecule has 1 aliphatic rings. The third-order valence-electron chi connectivity index (χ3n) is 5.22. The molecule has 2 N–H and O–H groups in total. The number of hydrogen-bond acceptors (Lipinski definition) is 4. The van der Waals surface area contributed by atoms with Gasteiger partial charge in [-0.05, 0) is 41.0 Å². The van der Waals surface area contributed by atoms with Gasteiger partial charge in [-0.1, -0.05) is 84.4 Å². The van der Waals surface area contributed by atoms with E-state index in [0.29, 0.717) is 11.0 Å². The van der Waals surface area contributed by atoms with Crippen LogP contribution in [0.3, 0.4) is 0 Å². The maximum atomic E-state index is 12.4. The van der Waals surface area contributed by atoms with Crippen molar-refractivity contribution in [3.05, 3.63) is 119 Å². The number of rotatable bonds is 5. The first-order chi connectivity index (χ1) is 16.2. The van der Waals surface area contributed by atoms with E-state index >= 15 is 0 Å². The molecule has 33 heavy (non-hydrogen) atoms. The minimum Gasteiger partial charge on any atom is -0.324 e. The van der Waals surface area contributed by atoms with E-state index < -0.39 is 0 Å². The van der Waals surface area contributed by atoms with Crippen molar-refractivity contribution in [1.29, 1.82) is 0 Å². The summed E-state index contributed by atoms with van der Waals surface area (Å²) in [5, 5.41) is 11.3. The number of nitrogens with one attached hydrogen (secondary N) is 2. The number of allylic oxidation sites excluding steroid dienone is 1. The fraction of sp³-hybridized carbons (Fsp3) is 0.0385. The Morgan fingerprint density at radius 3 is 2.39 bits per heavy atom. The van der Waals surface area contributed by atoms with Gasteiger partial charge in [-0.3, -0.25) is 10.1 Å². The molecule has 0 saturated heterocycles. The van der Waals surface area contributed by atoms with Crippen molar-refractivity contribution >= 4 is 41.2 Å². The van der Waals surface area contributed by atoms with Crippen LogP contribution in [0.1, 0.15) is 22.7 Å². The molecule has 6 nitrogen and oxygen atoms in total. The Morgan fingerprint density at radius 2 is 1.67 bits per heavy atom. The minimum atomic E-state index is -0.302. The van der Waals surface area contributed by atoms with Gasteiger partial charge in [0.2, 0.25) is 5.95 Å². The van der Waals surface area contributed by atoms with Crippen molar-refractivity contribution in [2.24, 2.45) is 0 Å². The van der Waals surface area contributed by atoms with Crippen LogP contribution in [-0.2, 0) is 4.79 Å². The lowest BCUT2D eigenvalue weighted by Crippen LogP contribution is -2.20. The molecular formula is C26H20ClN5O. The number of halogens is 1. The van der Waals surface area contributed by atoms with Gasteiger partial charge >= 0.3 is 0 Å². The highest BCUT2D eigenvalue weighted by molar-refractivity contribution is 6.30. The Labute approximate surface area is 196 Å². The lowest BCUT2D eigenvalue weighted by molar-refractivity contribution is -0.111. The second-order valence-corrected chi connectivity index (χ2v) is 7.94. The van der Waals surface area contributed by atoms with Crippen molar-refractivity contribution < 1.29 is 4.79 Å². The molecule has 0 spiro atoms. The fourth-order valence-electron chi connectivity index (χ4n) is 3.62. The zero-order valence-corrected chi connectivity index (χ0v) is 18.3. The predicted octanol–water partition coefficient (Wildman–Crippen LogP) is 5.64. The van der Waals surface area contributed by atoms with Crippen molar-refractivity contribution in [1.82, 2.24) is 14.8 Å². The minimum absolute atomic E-state index is 0.189. The van der Waals surface area contributed by atoms with Gasteiger partial charge < -0.3 is 5.32 Å². The second kappa shape index (κ2) is 9.14. The van der Waals surface area contributed by atoms with Gasteiger partial charge in [0.25, 0.3) is 11.9 Å². The second-order valence-electron chi connectivity index (χ2n) is 7.50. The van der Waals surface area contributed by atoms with Crippen molar-refractivity contribution in [3.63, 3.8) is 0 Å². The molecule has 0 saturated carbocycles. The number of aromatic nitrogens is 3. The quantitative estimate of drug-likeness (QED) is 0.383. The van der Waals surface area contributed by atoms with Crippen molar-refractivity contribution in [2.45, 2.75) is 6.04 Å². The molecule has 162 valence electrons. The summed E-state index contributed by atoms with van der Waals surface area (Å²) in [6.45, 7) is 0. The van der Waals surface area contributed by atoms with E-state index in [1.807, 2.05) is 84.9 Å². The van der Waals surface area contributed by atoms with Crippen molar-refractivity contribution in [2.75, 3.05) is 10.6 Å². The molecule has 7 heteroatoms. The van der Waals surface area contributed by atoms with E-state index in [4.69, 9.17) is 11.6 Å². The number of carbonyl (C=O) groups excluding carboxylic acids is 1. The van der Waals surface area contributed by atoms with Crippen LogP contribution >= 0.6 is 11.6 Å². The van der Waals surface area contributed by atoms with E-state index in [2.05, 4.69) is 26.8 Å². The molecule has 0 aliphatic carbocycles. The van der Waals surface area contributed by atoms with Crippen molar-refractivity contribution in [3.8, 4) is 0 Å². The van der Waals surface area contributed by atoms with Crippen LogP contribution in [0.25, 0.3) is 11.8 Å². The van der Waals surface area contributed by atoms with E-state index in [9.17, 15) is 4.79 Å². The maximum Gasteiger partial charge on any atom is 0.250 e. The van der Waals surface area contributed by atoms with Crippen LogP contribution in [-0.4, -0.2) is 20.7 Å². The number of hydrogen-bond donors (Lipinski definition) is 2. The molecule has 1 aromatic heterocycles. The average Bonchev–Trinajstić information content (AvgIpc) is 3.26. The monoisotopic (exact) mass is 453 g/mol. The number of fused-ring (bicyclic) bond motifs is 1. The van der Waals surface area contributed by atoms with Crippen LogP contribution in [0.2, 0.25) is 5.02 Å². The lowest BCUT2D eigenvalue weighted by Gasteiger charge is -2.24. The van der Waals surface area contributed by atoms with Gasteiger partial charge in [-0.2, -0.15) is 4.98 Å². The van der Waals surface area contributed by atoms with Crippen LogP contribution < -0.4 is 10.6 Å². The predicted molar refractivity (Wildman–Crippen MR) is 132 cm³/mol. The molecule has 1 atom stereocenters. The summed E-state index contributed by atoms with van der Waals surface area (Å²) in [4.78, 5) is 17.0. The SMILES string of the molecule is O=C(/C=C/c1ccccc1)Nc1nc2n(n1)[C@@H](c1ccccc1)C=C(c1ccc(Cl)cc1)N2. The molecule has 4 aromatic rings. The highest BCUT2D eigenvalue weighted by Gasteiger charge is 2.25. The summed E-state index contributed by atoms with van der Waals surface area (Å²) in [7, 11) is 0. The van der Waals surface area contributed by atoms with Gasteiger partial charge in [0.15, 0.2) is 0 Å². The van der Waals surface area contributed by atoms with E-state index in [0.717, 1.165) is 22.4 Å². The number of amides is 1. The molecule has 0 radical (unpaired) electrons. The normalized spacial score (nSPS) is 14.9. The first-order valence-electron chi connectivity index (χ1n) is 10.5. The Morgan fingerprint density at radius 1 is 0.970 bits per heavy atom. The summed E-state index contributed by atoms with van der Waals surface area (Å²) in [5.74, 6) is 0.467. The molecule has 2 heterocycles. The zero-order chi connectivity index (χ0) is 22.6. The van der Waals surface area contributed by atoms with Crippen LogP contribution in [0, 0.1) is 0 Å². The third-order valence-corrected chi connectivity index (χ3v) is 5.48.